The van der Waals surface area contributed by atoms with Crippen LogP contribution in [0.25, 0.3) is 0 Å². The van der Waals surface area contributed by atoms with Gasteiger partial charge in [-0.15, -0.1) is 19.0 Å². The third-order valence-corrected chi connectivity index (χ3v) is 3.53. The molecule has 2 heteroatoms. The molecule has 1 fully saturated rings. The van der Waals surface area contributed by atoms with Gasteiger partial charge in [0.1, 0.15) is 0 Å². The summed E-state index contributed by atoms with van der Waals surface area (Å²) in [5.74, 6) is 0. The molecule has 1 aromatic rings. The highest BCUT2D eigenvalue weighted by Gasteiger charge is 2.30. The van der Waals surface area contributed by atoms with Gasteiger partial charge in [0.2, 0.25) is 0 Å². The summed E-state index contributed by atoms with van der Waals surface area (Å²) < 4.78 is 0. The highest BCUT2D eigenvalue weighted by atomic mass is 35.5. The Hall–Kier alpha value is -0.950. The fraction of sp³-hybridized carbons (Fsp3) is 0.467. The highest BCUT2D eigenvalue weighted by Crippen LogP contribution is 2.34. The molecule has 0 aromatic heterocycles. The number of halogens is 1. The number of nitrogens with one attached hydrogen (secondary N) is 1. The van der Waals surface area contributed by atoms with Gasteiger partial charge >= 0.3 is 0 Å². The van der Waals surface area contributed by atoms with Crippen molar-refractivity contribution in [1.82, 2.24) is 0 Å². The summed E-state index contributed by atoms with van der Waals surface area (Å²) in [5.41, 5.74) is 1.51. The smallest absolute Gasteiger partial charge is 0.0408 e. The van der Waals surface area contributed by atoms with Crippen LogP contribution in [-0.2, 0) is 0 Å². The van der Waals surface area contributed by atoms with Crippen LogP contribution in [-0.4, -0.2) is 5.54 Å². The average Bonchev–Trinajstić information content (AvgIpc) is 2.31. The molecule has 0 saturated heterocycles. The van der Waals surface area contributed by atoms with Gasteiger partial charge in [-0.25, -0.2) is 0 Å². The maximum Gasteiger partial charge on any atom is 0.0408 e. The van der Waals surface area contributed by atoms with E-state index in [1.165, 1.54) is 37.8 Å². The summed E-state index contributed by atoms with van der Waals surface area (Å²) in [6.45, 7) is 3.90. The number of hydrogen-bond donors (Lipinski definition) is 1. The number of para-hydroxylation sites is 1. The predicted molar refractivity (Wildman–Crippen MR) is 77.9 cm³/mol. The van der Waals surface area contributed by atoms with E-state index in [2.05, 4.69) is 48.3 Å². The van der Waals surface area contributed by atoms with Gasteiger partial charge in [0.05, 0.1) is 0 Å². The van der Waals surface area contributed by atoms with Crippen molar-refractivity contribution in [3.8, 4) is 0 Å². The van der Waals surface area contributed by atoms with Crippen molar-refractivity contribution in [1.29, 1.82) is 0 Å². The first-order chi connectivity index (χ1) is 7.85. The molecule has 1 aliphatic carbocycles. The van der Waals surface area contributed by atoms with Crippen molar-refractivity contribution < 1.29 is 0 Å². The van der Waals surface area contributed by atoms with Crippen LogP contribution in [0.1, 0.15) is 38.5 Å². The van der Waals surface area contributed by atoms with E-state index in [4.69, 9.17) is 0 Å². The van der Waals surface area contributed by atoms with E-state index in [1.54, 1.807) is 0 Å². The zero-order valence-corrected chi connectivity index (χ0v) is 11.1. The van der Waals surface area contributed by atoms with Crippen LogP contribution in [0, 0.1) is 0 Å². The maximum absolute atomic E-state index is 3.90. The summed E-state index contributed by atoms with van der Waals surface area (Å²) in [7, 11) is 0. The molecule has 0 spiro atoms. The highest BCUT2D eigenvalue weighted by molar-refractivity contribution is 5.85. The normalized spacial score (nSPS) is 17.9. The zero-order valence-electron chi connectivity index (χ0n) is 10.3. The Labute approximate surface area is 111 Å². The molecule has 17 heavy (non-hydrogen) atoms. The van der Waals surface area contributed by atoms with Gasteiger partial charge in [0, 0.05) is 11.2 Å². The molecule has 0 amide bonds. The molecule has 1 saturated carbocycles. The third kappa shape index (κ3) is 3.78. The standard InChI is InChI=1S/C15H21N.ClH/c1-2-11-15(12-7-4-8-13-15)16-14-9-5-3-6-10-14;/h2-3,5-6,9-10,16H,1,4,7-8,11-13H2;1H. The maximum atomic E-state index is 3.90. The number of rotatable bonds is 4. The average molecular weight is 252 g/mol. The molecule has 0 aliphatic heterocycles. The SMILES string of the molecule is C=CCC1(Nc2ccccc2)CCCCC1.Cl. The Morgan fingerprint density at radius 2 is 1.76 bits per heavy atom. The summed E-state index contributed by atoms with van der Waals surface area (Å²) in [5, 5.41) is 3.72. The first-order valence-corrected chi connectivity index (χ1v) is 6.29. The molecule has 2 rings (SSSR count). The number of benzene rings is 1. The minimum absolute atomic E-state index is 0. The molecular formula is C15H22ClN. The van der Waals surface area contributed by atoms with E-state index >= 15 is 0 Å². The molecule has 1 aromatic carbocycles. The lowest BCUT2D eigenvalue weighted by Gasteiger charge is -2.38. The topological polar surface area (TPSA) is 12.0 Å². The molecule has 0 bridgehead atoms. The van der Waals surface area contributed by atoms with E-state index in [0.29, 0.717) is 0 Å². The predicted octanol–water partition coefficient (Wildman–Crippen LogP) is 4.80. The van der Waals surface area contributed by atoms with Gasteiger partial charge < -0.3 is 5.32 Å². The van der Waals surface area contributed by atoms with E-state index in [9.17, 15) is 0 Å². The van der Waals surface area contributed by atoms with Gasteiger partial charge in [-0.2, -0.15) is 0 Å². The molecule has 1 nitrogen and oxygen atoms in total. The molecule has 1 N–H and O–H groups in total. The van der Waals surface area contributed by atoms with Crippen LogP contribution in [0.15, 0.2) is 43.0 Å². The van der Waals surface area contributed by atoms with Crippen molar-refractivity contribution in [2.45, 2.75) is 44.1 Å². The molecular weight excluding hydrogens is 230 g/mol. The van der Waals surface area contributed by atoms with Crippen molar-refractivity contribution in [3.63, 3.8) is 0 Å². The van der Waals surface area contributed by atoms with Gasteiger partial charge in [0.15, 0.2) is 0 Å². The lowest BCUT2D eigenvalue weighted by molar-refractivity contribution is 0.326. The summed E-state index contributed by atoms with van der Waals surface area (Å²) in [4.78, 5) is 0. The second-order valence-corrected chi connectivity index (χ2v) is 4.82. The van der Waals surface area contributed by atoms with Gasteiger partial charge in [-0.05, 0) is 31.4 Å². The fourth-order valence-electron chi connectivity index (χ4n) is 2.71. The zero-order chi connectivity index (χ0) is 11.3. The second kappa shape index (κ2) is 6.70. The largest absolute Gasteiger partial charge is 0.379 e. The van der Waals surface area contributed by atoms with Crippen molar-refractivity contribution in [2.75, 3.05) is 5.32 Å². The van der Waals surface area contributed by atoms with Crippen LogP contribution in [0.4, 0.5) is 5.69 Å². The molecule has 0 radical (unpaired) electrons. The van der Waals surface area contributed by atoms with E-state index in [1.807, 2.05) is 0 Å². The lowest BCUT2D eigenvalue weighted by Crippen LogP contribution is -2.39. The van der Waals surface area contributed by atoms with Gasteiger partial charge in [0.25, 0.3) is 0 Å². The number of hydrogen-bond acceptors (Lipinski definition) is 1. The van der Waals surface area contributed by atoms with Crippen LogP contribution in [0.3, 0.4) is 0 Å². The summed E-state index contributed by atoms with van der Waals surface area (Å²) in [6.07, 6.45) is 9.74. The van der Waals surface area contributed by atoms with Crippen molar-refractivity contribution in [3.05, 3.63) is 43.0 Å². The molecule has 1 aliphatic rings. The van der Waals surface area contributed by atoms with Crippen molar-refractivity contribution >= 4 is 18.1 Å². The molecule has 0 unspecified atom stereocenters. The lowest BCUT2D eigenvalue weighted by atomic mass is 9.79. The molecule has 94 valence electrons. The first kappa shape index (κ1) is 14.1. The van der Waals surface area contributed by atoms with E-state index in [0.717, 1.165) is 6.42 Å². The first-order valence-electron chi connectivity index (χ1n) is 6.29. The molecule has 0 heterocycles. The Morgan fingerprint density at radius 1 is 1.12 bits per heavy atom. The van der Waals surface area contributed by atoms with E-state index in [-0.39, 0.29) is 17.9 Å². The Kier molecular flexibility index (Phi) is 5.57. The Morgan fingerprint density at radius 3 is 2.35 bits per heavy atom. The minimum Gasteiger partial charge on any atom is -0.379 e. The minimum atomic E-state index is 0. The van der Waals surface area contributed by atoms with Gasteiger partial charge in [-0.3, -0.25) is 0 Å². The van der Waals surface area contributed by atoms with Crippen molar-refractivity contribution in [2.24, 2.45) is 0 Å². The fourth-order valence-corrected chi connectivity index (χ4v) is 2.71. The van der Waals surface area contributed by atoms with Crippen LogP contribution >= 0.6 is 12.4 Å². The van der Waals surface area contributed by atoms with Crippen LogP contribution < -0.4 is 5.32 Å². The van der Waals surface area contributed by atoms with Crippen LogP contribution in [0.2, 0.25) is 0 Å². The quantitative estimate of drug-likeness (QED) is 0.758. The Balaban J connectivity index is 0.00000144. The van der Waals surface area contributed by atoms with Gasteiger partial charge in [-0.1, -0.05) is 43.5 Å². The second-order valence-electron chi connectivity index (χ2n) is 4.82. The molecule has 0 atom stereocenters. The number of anilines is 1. The summed E-state index contributed by atoms with van der Waals surface area (Å²) >= 11 is 0. The third-order valence-electron chi connectivity index (χ3n) is 3.53. The van der Waals surface area contributed by atoms with E-state index < -0.39 is 0 Å². The Bertz CT molecular complexity index is 328. The summed E-state index contributed by atoms with van der Waals surface area (Å²) in [6, 6.07) is 10.5. The van der Waals surface area contributed by atoms with Crippen LogP contribution in [0.5, 0.6) is 0 Å². The monoisotopic (exact) mass is 251 g/mol.